The van der Waals surface area contributed by atoms with Gasteiger partial charge in [-0.3, -0.25) is 9.59 Å². The lowest BCUT2D eigenvalue weighted by Crippen LogP contribution is -2.45. The first-order valence-corrected chi connectivity index (χ1v) is 12.4. The van der Waals surface area contributed by atoms with Crippen molar-refractivity contribution in [2.75, 3.05) is 23.8 Å². The summed E-state index contributed by atoms with van der Waals surface area (Å²) < 4.78 is 39.9. The molecule has 4 rings (SSSR count). The Bertz CT molecular complexity index is 1310. The average Bonchev–Trinajstić information content (AvgIpc) is 2.84. The van der Waals surface area contributed by atoms with Gasteiger partial charge in [0.1, 0.15) is 19.3 Å². The van der Waals surface area contributed by atoms with E-state index in [9.17, 15) is 18.0 Å². The molecule has 0 saturated heterocycles. The molecule has 10 heteroatoms. The zero-order valence-corrected chi connectivity index (χ0v) is 19.8. The van der Waals surface area contributed by atoms with Gasteiger partial charge in [0.2, 0.25) is 21.8 Å². The van der Waals surface area contributed by atoms with Crippen molar-refractivity contribution in [3.05, 3.63) is 78.4 Å². The van der Waals surface area contributed by atoms with Crippen LogP contribution in [0.2, 0.25) is 0 Å². The van der Waals surface area contributed by atoms with Crippen molar-refractivity contribution < 1.29 is 27.5 Å². The van der Waals surface area contributed by atoms with E-state index in [1.54, 1.807) is 24.3 Å². The molecule has 2 amide bonds. The third kappa shape index (κ3) is 6.37. The molecule has 0 spiro atoms. The van der Waals surface area contributed by atoms with E-state index < -0.39 is 22.0 Å². The summed E-state index contributed by atoms with van der Waals surface area (Å²) in [5.74, 6) is 0.0689. The second-order valence-electron chi connectivity index (χ2n) is 7.92. The second kappa shape index (κ2) is 10.6. The van der Waals surface area contributed by atoms with E-state index in [-0.39, 0.29) is 17.2 Å². The van der Waals surface area contributed by atoms with Gasteiger partial charge in [-0.05, 0) is 48.4 Å². The van der Waals surface area contributed by atoms with Crippen LogP contribution in [0.4, 0.5) is 11.4 Å². The molecule has 0 bridgehead atoms. The first kappa shape index (κ1) is 24.2. The van der Waals surface area contributed by atoms with Gasteiger partial charge >= 0.3 is 0 Å². The molecule has 0 radical (unpaired) electrons. The van der Waals surface area contributed by atoms with Crippen LogP contribution in [0.3, 0.4) is 0 Å². The minimum atomic E-state index is -4.06. The number of ether oxygens (including phenoxy) is 2. The van der Waals surface area contributed by atoms with Crippen LogP contribution < -0.4 is 24.8 Å². The lowest BCUT2D eigenvalue weighted by Gasteiger charge is -2.21. The number of fused-ring (bicyclic) bond motifs is 1. The quantitative estimate of drug-likeness (QED) is 0.442. The van der Waals surface area contributed by atoms with Gasteiger partial charge in [-0.15, -0.1) is 0 Å². The Kier molecular flexibility index (Phi) is 7.33. The van der Waals surface area contributed by atoms with E-state index in [2.05, 4.69) is 15.4 Å². The Morgan fingerprint density at radius 3 is 2.14 bits per heavy atom. The van der Waals surface area contributed by atoms with Crippen molar-refractivity contribution in [3.8, 4) is 11.5 Å². The van der Waals surface area contributed by atoms with Crippen molar-refractivity contribution in [1.82, 2.24) is 4.72 Å². The van der Waals surface area contributed by atoms with Gasteiger partial charge in [0, 0.05) is 24.4 Å². The number of amides is 2. The second-order valence-corrected chi connectivity index (χ2v) is 9.63. The Morgan fingerprint density at radius 1 is 0.857 bits per heavy atom. The van der Waals surface area contributed by atoms with E-state index >= 15 is 0 Å². The maximum atomic E-state index is 13.2. The number of sulfonamides is 1. The highest BCUT2D eigenvalue weighted by molar-refractivity contribution is 7.89. The number of benzene rings is 3. The van der Waals surface area contributed by atoms with Gasteiger partial charge in [-0.25, -0.2) is 8.42 Å². The molecule has 0 aromatic heterocycles. The summed E-state index contributed by atoms with van der Waals surface area (Å²) >= 11 is 0. The Balaban J connectivity index is 1.55. The zero-order chi connectivity index (χ0) is 24.8. The van der Waals surface area contributed by atoms with Crippen molar-refractivity contribution in [3.63, 3.8) is 0 Å². The van der Waals surface area contributed by atoms with Gasteiger partial charge < -0.3 is 20.1 Å². The van der Waals surface area contributed by atoms with Crippen LogP contribution in [0.25, 0.3) is 0 Å². The molecule has 3 aromatic carbocycles. The lowest BCUT2D eigenvalue weighted by atomic mass is 10.1. The highest BCUT2D eigenvalue weighted by atomic mass is 32.2. The van der Waals surface area contributed by atoms with Gasteiger partial charge in [-0.2, -0.15) is 4.72 Å². The summed E-state index contributed by atoms with van der Waals surface area (Å²) in [5, 5.41) is 5.39. The Hall–Kier alpha value is -3.89. The molecular formula is C25H25N3O6S. The number of hydrogen-bond acceptors (Lipinski definition) is 6. The van der Waals surface area contributed by atoms with Crippen LogP contribution in [-0.4, -0.2) is 39.5 Å². The average molecular weight is 496 g/mol. The highest BCUT2D eigenvalue weighted by Gasteiger charge is 2.27. The normalized spacial score (nSPS) is 13.5. The van der Waals surface area contributed by atoms with Crippen molar-refractivity contribution in [1.29, 1.82) is 0 Å². The molecular weight excluding hydrogens is 470 g/mol. The molecule has 0 saturated carbocycles. The smallest absolute Gasteiger partial charge is 0.242 e. The predicted octanol–water partition coefficient (Wildman–Crippen LogP) is 2.94. The molecule has 1 heterocycles. The first-order chi connectivity index (χ1) is 16.8. The number of carbonyl (C=O) groups excluding carboxylic acids is 2. The van der Waals surface area contributed by atoms with Gasteiger partial charge in [0.25, 0.3) is 0 Å². The fourth-order valence-electron chi connectivity index (χ4n) is 3.55. The number of nitrogens with one attached hydrogen (secondary N) is 3. The fourth-order valence-corrected chi connectivity index (χ4v) is 4.76. The largest absolute Gasteiger partial charge is 0.486 e. The van der Waals surface area contributed by atoms with E-state index in [1.807, 2.05) is 30.3 Å². The van der Waals surface area contributed by atoms with E-state index in [1.165, 1.54) is 25.1 Å². The molecule has 9 nitrogen and oxygen atoms in total. The van der Waals surface area contributed by atoms with Gasteiger partial charge in [0.15, 0.2) is 11.5 Å². The van der Waals surface area contributed by atoms with Crippen LogP contribution in [0.5, 0.6) is 11.5 Å². The molecule has 0 aliphatic carbocycles. The van der Waals surface area contributed by atoms with Crippen LogP contribution in [0.15, 0.2) is 77.7 Å². The zero-order valence-electron chi connectivity index (χ0n) is 19.0. The third-order valence-electron chi connectivity index (χ3n) is 5.19. The van der Waals surface area contributed by atoms with Crippen molar-refractivity contribution in [2.45, 2.75) is 24.3 Å². The van der Waals surface area contributed by atoms with Crippen molar-refractivity contribution >= 4 is 33.2 Å². The molecule has 1 aliphatic rings. The molecule has 1 aliphatic heterocycles. The van der Waals surface area contributed by atoms with E-state index in [4.69, 9.17) is 9.47 Å². The molecule has 3 N–H and O–H groups in total. The molecule has 0 fully saturated rings. The van der Waals surface area contributed by atoms with Crippen LogP contribution in [-0.2, 0) is 26.0 Å². The maximum absolute atomic E-state index is 13.2. The summed E-state index contributed by atoms with van der Waals surface area (Å²) in [7, 11) is -4.06. The molecule has 182 valence electrons. The Labute approximate surface area is 203 Å². The van der Waals surface area contributed by atoms with Crippen molar-refractivity contribution in [2.24, 2.45) is 0 Å². The summed E-state index contributed by atoms with van der Waals surface area (Å²) in [4.78, 5) is 24.3. The number of rotatable bonds is 8. The van der Waals surface area contributed by atoms with E-state index in [0.717, 1.165) is 5.56 Å². The summed E-state index contributed by atoms with van der Waals surface area (Å²) in [6.07, 6.45) is 0.139. The summed E-state index contributed by atoms with van der Waals surface area (Å²) in [5.41, 5.74) is 1.83. The van der Waals surface area contributed by atoms with E-state index in [0.29, 0.717) is 36.1 Å². The number of carbonyl (C=O) groups is 2. The lowest BCUT2D eigenvalue weighted by molar-refractivity contribution is -0.117. The molecule has 1 atom stereocenters. The molecule has 0 unspecified atom stereocenters. The number of anilines is 2. The first-order valence-electron chi connectivity index (χ1n) is 10.9. The maximum Gasteiger partial charge on any atom is 0.242 e. The molecule has 35 heavy (non-hydrogen) atoms. The standard InChI is InChI=1S/C25H25N3O6S/c1-17(29)26-19-7-9-20(10-8-19)27-25(30)22(15-18-5-3-2-4-6-18)28-35(31,32)21-11-12-23-24(16-21)34-14-13-33-23/h2-12,16,22,28H,13-15H2,1H3,(H,26,29)(H,27,30)/t22-/m1/s1. The number of hydrogen-bond donors (Lipinski definition) is 3. The topological polar surface area (TPSA) is 123 Å². The highest BCUT2D eigenvalue weighted by Crippen LogP contribution is 2.32. The Morgan fingerprint density at radius 2 is 1.49 bits per heavy atom. The summed E-state index contributed by atoms with van der Waals surface area (Å²) in [6, 6.07) is 18.9. The van der Waals surface area contributed by atoms with Crippen LogP contribution in [0, 0.1) is 0 Å². The van der Waals surface area contributed by atoms with Gasteiger partial charge in [0.05, 0.1) is 4.90 Å². The third-order valence-corrected chi connectivity index (χ3v) is 6.66. The SMILES string of the molecule is CC(=O)Nc1ccc(NC(=O)[C@@H](Cc2ccccc2)NS(=O)(=O)c2ccc3c(c2)OCCO3)cc1. The fraction of sp³-hybridized carbons (Fsp3) is 0.200. The summed E-state index contributed by atoms with van der Waals surface area (Å²) in [6.45, 7) is 2.11. The molecule has 3 aromatic rings. The minimum Gasteiger partial charge on any atom is -0.486 e. The minimum absolute atomic E-state index is 0.0349. The van der Waals surface area contributed by atoms with Crippen LogP contribution >= 0.6 is 0 Å². The van der Waals surface area contributed by atoms with Crippen LogP contribution in [0.1, 0.15) is 12.5 Å². The monoisotopic (exact) mass is 495 g/mol. The van der Waals surface area contributed by atoms with Gasteiger partial charge in [-0.1, -0.05) is 30.3 Å². The predicted molar refractivity (Wildman–Crippen MR) is 131 cm³/mol.